The van der Waals surface area contributed by atoms with Gasteiger partial charge in [0.25, 0.3) is 5.91 Å². The molecular formula is C23H22N4O6. The number of hydrogen-bond donors (Lipinski definition) is 5. The molecule has 1 aliphatic carbocycles. The van der Waals surface area contributed by atoms with Gasteiger partial charge in [-0.1, -0.05) is 48.5 Å². The molecule has 10 nitrogen and oxygen atoms in total. The summed E-state index contributed by atoms with van der Waals surface area (Å²) in [7, 11) is 0. The average Bonchev–Trinajstić information content (AvgIpc) is 3.40. The molecule has 0 bridgehead atoms. The van der Waals surface area contributed by atoms with E-state index >= 15 is 0 Å². The number of carboxylic acid groups (broad SMARTS) is 1. The van der Waals surface area contributed by atoms with Crippen LogP contribution in [0.15, 0.2) is 54.6 Å². The second-order valence-corrected chi connectivity index (χ2v) is 7.87. The number of amides is 2. The van der Waals surface area contributed by atoms with E-state index in [9.17, 15) is 19.5 Å². The van der Waals surface area contributed by atoms with Crippen molar-refractivity contribution in [2.75, 3.05) is 18.5 Å². The maximum absolute atomic E-state index is 12.3. The zero-order valence-electron chi connectivity index (χ0n) is 17.7. The number of aliphatic hydroxyl groups excluding tert-OH is 1. The van der Waals surface area contributed by atoms with Crippen LogP contribution in [-0.4, -0.2) is 57.1 Å². The van der Waals surface area contributed by atoms with Crippen LogP contribution in [0.4, 0.5) is 10.6 Å². The van der Waals surface area contributed by atoms with Crippen LogP contribution >= 0.6 is 0 Å². The predicted molar refractivity (Wildman–Crippen MR) is 118 cm³/mol. The van der Waals surface area contributed by atoms with E-state index in [1.807, 2.05) is 48.5 Å². The Kier molecular flexibility index (Phi) is 5.84. The van der Waals surface area contributed by atoms with Crippen molar-refractivity contribution in [3.05, 3.63) is 71.4 Å². The highest BCUT2D eigenvalue weighted by molar-refractivity contribution is 5.97. The molecule has 1 aromatic heterocycles. The molecule has 3 aromatic rings. The second-order valence-electron chi connectivity index (χ2n) is 7.87. The van der Waals surface area contributed by atoms with Crippen molar-refractivity contribution in [2.24, 2.45) is 0 Å². The maximum Gasteiger partial charge on any atom is 0.412 e. The van der Waals surface area contributed by atoms with E-state index in [0.29, 0.717) is 0 Å². The Bertz CT molecular complexity index is 1180. The zero-order valence-corrected chi connectivity index (χ0v) is 17.7. The minimum atomic E-state index is -1.86. The minimum Gasteiger partial charge on any atom is -0.479 e. The highest BCUT2D eigenvalue weighted by atomic mass is 16.5. The average molecular weight is 450 g/mol. The Balaban J connectivity index is 1.38. The number of nitrogens with one attached hydrogen (secondary N) is 3. The quantitative estimate of drug-likeness (QED) is 0.370. The third kappa shape index (κ3) is 4.28. The normalized spacial score (nSPS) is 14.0. The van der Waals surface area contributed by atoms with Crippen molar-refractivity contribution >= 4 is 23.8 Å². The number of benzene rings is 2. The largest absolute Gasteiger partial charge is 0.479 e. The summed E-state index contributed by atoms with van der Waals surface area (Å²) in [5, 5.41) is 29.3. The van der Waals surface area contributed by atoms with E-state index in [4.69, 9.17) is 9.84 Å². The summed E-state index contributed by atoms with van der Waals surface area (Å²) in [5.74, 6) is -2.27. The number of carboxylic acids is 1. The van der Waals surface area contributed by atoms with E-state index in [1.54, 1.807) is 0 Å². The molecule has 0 saturated carbocycles. The molecule has 10 heteroatoms. The van der Waals surface area contributed by atoms with Gasteiger partial charge in [0.05, 0.1) is 6.61 Å². The van der Waals surface area contributed by atoms with Gasteiger partial charge >= 0.3 is 12.1 Å². The molecule has 33 heavy (non-hydrogen) atoms. The Morgan fingerprint density at radius 2 is 1.70 bits per heavy atom. The Labute approximate surface area is 188 Å². The van der Waals surface area contributed by atoms with Gasteiger partial charge in [0, 0.05) is 12.0 Å². The van der Waals surface area contributed by atoms with E-state index in [2.05, 4.69) is 20.8 Å². The van der Waals surface area contributed by atoms with Gasteiger partial charge in [0.15, 0.2) is 11.4 Å². The van der Waals surface area contributed by atoms with E-state index < -0.39 is 30.1 Å². The number of aromatic nitrogens is 2. The summed E-state index contributed by atoms with van der Waals surface area (Å²) < 4.78 is 5.43. The number of aromatic amines is 1. The van der Waals surface area contributed by atoms with Gasteiger partial charge in [-0.3, -0.25) is 15.2 Å². The molecule has 4 rings (SSSR count). The summed E-state index contributed by atoms with van der Waals surface area (Å²) >= 11 is 0. The first-order chi connectivity index (χ1) is 15.8. The van der Waals surface area contributed by atoms with Gasteiger partial charge in [-0.2, -0.15) is 5.10 Å². The van der Waals surface area contributed by atoms with Gasteiger partial charge in [-0.25, -0.2) is 9.59 Å². The predicted octanol–water partition coefficient (Wildman–Crippen LogP) is 2.34. The summed E-state index contributed by atoms with van der Waals surface area (Å²) in [4.78, 5) is 35.8. The van der Waals surface area contributed by atoms with Crippen LogP contribution in [0.2, 0.25) is 0 Å². The molecule has 0 spiro atoms. The number of fused-ring (bicyclic) bond motifs is 3. The van der Waals surface area contributed by atoms with Crippen LogP contribution in [0.5, 0.6) is 0 Å². The number of ether oxygens (including phenoxy) is 1. The molecule has 2 amide bonds. The number of aliphatic hydroxyl groups is 1. The first-order valence-corrected chi connectivity index (χ1v) is 10.2. The lowest BCUT2D eigenvalue weighted by Gasteiger charge is -2.22. The standard InChI is InChI=1S/C23H22N4O6/c1-23(12-28,21(30)31)25-20(29)18-10-19(27-26-18)24-22(32)33-11-17-15-8-4-2-6-13(15)14-7-3-5-9-16(14)17/h2-10,17,28H,11-12H2,1H3,(H,25,29)(H,30,31)(H2,24,26,27,32). The van der Waals surface area contributed by atoms with Gasteiger partial charge in [-0.15, -0.1) is 0 Å². The highest BCUT2D eigenvalue weighted by Crippen LogP contribution is 2.44. The highest BCUT2D eigenvalue weighted by Gasteiger charge is 2.35. The van der Waals surface area contributed by atoms with Crippen LogP contribution in [0.1, 0.15) is 34.5 Å². The lowest BCUT2D eigenvalue weighted by atomic mass is 9.98. The number of anilines is 1. The number of H-pyrrole nitrogens is 1. The molecule has 1 aliphatic rings. The fourth-order valence-corrected chi connectivity index (χ4v) is 3.72. The Morgan fingerprint density at radius 3 is 2.27 bits per heavy atom. The molecular weight excluding hydrogens is 428 g/mol. The van der Waals surface area contributed by atoms with Crippen LogP contribution in [0.3, 0.4) is 0 Å². The van der Waals surface area contributed by atoms with Crippen molar-refractivity contribution in [2.45, 2.75) is 18.4 Å². The lowest BCUT2D eigenvalue weighted by Crippen LogP contribution is -2.55. The molecule has 5 N–H and O–H groups in total. The van der Waals surface area contributed by atoms with Crippen LogP contribution in [0.25, 0.3) is 11.1 Å². The van der Waals surface area contributed by atoms with Crippen LogP contribution in [0, 0.1) is 0 Å². The van der Waals surface area contributed by atoms with Gasteiger partial charge < -0.3 is 20.3 Å². The van der Waals surface area contributed by atoms with Crippen molar-refractivity contribution in [1.82, 2.24) is 15.5 Å². The molecule has 0 fully saturated rings. The van der Waals surface area contributed by atoms with Gasteiger partial charge in [0.2, 0.25) is 0 Å². The molecule has 0 radical (unpaired) electrons. The summed E-state index contributed by atoms with van der Waals surface area (Å²) in [6.45, 7) is 0.484. The van der Waals surface area contributed by atoms with Crippen LogP contribution in [-0.2, 0) is 9.53 Å². The topological polar surface area (TPSA) is 154 Å². The number of carbonyl (C=O) groups excluding carboxylic acids is 2. The van der Waals surface area contributed by atoms with E-state index in [-0.39, 0.29) is 24.0 Å². The smallest absolute Gasteiger partial charge is 0.412 e. The number of carbonyl (C=O) groups is 3. The summed E-state index contributed by atoms with van der Waals surface area (Å²) in [5.41, 5.74) is 2.43. The molecule has 1 unspecified atom stereocenters. The summed E-state index contributed by atoms with van der Waals surface area (Å²) in [6.07, 6.45) is -0.749. The zero-order chi connectivity index (χ0) is 23.6. The number of hydrogen-bond acceptors (Lipinski definition) is 6. The van der Waals surface area contributed by atoms with E-state index in [1.165, 1.54) is 13.0 Å². The SMILES string of the molecule is CC(CO)(NC(=O)c1cc(NC(=O)OCC2c3ccccc3-c3ccccc32)n[nH]1)C(=O)O. The number of aliphatic carboxylic acids is 1. The van der Waals surface area contributed by atoms with Crippen molar-refractivity contribution in [1.29, 1.82) is 0 Å². The monoisotopic (exact) mass is 450 g/mol. The fourth-order valence-electron chi connectivity index (χ4n) is 3.72. The van der Waals surface area contributed by atoms with Crippen LogP contribution < -0.4 is 10.6 Å². The first kappa shape index (κ1) is 22.0. The molecule has 1 heterocycles. The van der Waals surface area contributed by atoms with E-state index in [0.717, 1.165) is 22.3 Å². The van der Waals surface area contributed by atoms with Crippen molar-refractivity contribution in [3.8, 4) is 11.1 Å². The molecule has 1 atom stereocenters. The molecule has 170 valence electrons. The summed E-state index contributed by atoms with van der Waals surface area (Å²) in [6, 6.07) is 17.2. The molecule has 0 saturated heterocycles. The van der Waals surface area contributed by atoms with Crippen molar-refractivity contribution < 1.29 is 29.3 Å². The molecule has 0 aliphatic heterocycles. The second kappa shape index (κ2) is 8.75. The number of nitrogens with zero attached hydrogens (tertiary/aromatic N) is 1. The lowest BCUT2D eigenvalue weighted by molar-refractivity contribution is -0.145. The minimum absolute atomic E-state index is 0.0263. The third-order valence-corrected chi connectivity index (χ3v) is 5.57. The third-order valence-electron chi connectivity index (χ3n) is 5.57. The van der Waals surface area contributed by atoms with Gasteiger partial charge in [0.1, 0.15) is 12.3 Å². The molecule has 2 aromatic carbocycles. The first-order valence-electron chi connectivity index (χ1n) is 10.2. The van der Waals surface area contributed by atoms with Crippen molar-refractivity contribution in [3.63, 3.8) is 0 Å². The van der Waals surface area contributed by atoms with Gasteiger partial charge in [-0.05, 0) is 29.2 Å². The Hall–Kier alpha value is -4.18. The maximum atomic E-state index is 12.3. The fraction of sp³-hybridized carbons (Fsp3) is 0.217. The Morgan fingerprint density at radius 1 is 1.09 bits per heavy atom. The number of rotatable bonds is 7.